The zero-order chi connectivity index (χ0) is 23.3. The number of para-hydroxylation sites is 1. The molecule has 2 N–H and O–H groups in total. The molecular weight excluding hydrogens is 416 g/mol. The minimum atomic E-state index is -0.410. The molecule has 3 aromatic carbocycles. The van der Waals surface area contributed by atoms with Crippen LogP contribution in [0.4, 0.5) is 5.69 Å². The summed E-state index contributed by atoms with van der Waals surface area (Å²) in [4.78, 5) is 36.9. The first-order valence-electron chi connectivity index (χ1n) is 11.0. The quantitative estimate of drug-likeness (QED) is 0.337. The maximum absolute atomic E-state index is 12.6. The SMILES string of the molecule is O=C(CCC(=O)OCCCc1ccccc1)Nc1ccccc1C(=O)NCc1ccccc1. The van der Waals surface area contributed by atoms with E-state index in [4.69, 9.17) is 4.74 Å². The Kier molecular flexibility index (Phi) is 9.21. The number of aryl methyl sites for hydroxylation is 1. The lowest BCUT2D eigenvalue weighted by Crippen LogP contribution is -2.25. The number of anilines is 1. The molecule has 0 atom stereocenters. The molecule has 0 heterocycles. The van der Waals surface area contributed by atoms with Crippen LogP contribution in [0.15, 0.2) is 84.9 Å². The lowest BCUT2D eigenvalue weighted by molar-refractivity contribution is -0.144. The maximum atomic E-state index is 12.6. The lowest BCUT2D eigenvalue weighted by atomic mass is 10.1. The highest BCUT2D eigenvalue weighted by molar-refractivity contribution is 6.04. The Balaban J connectivity index is 1.40. The van der Waals surface area contributed by atoms with Gasteiger partial charge < -0.3 is 15.4 Å². The van der Waals surface area contributed by atoms with Crippen molar-refractivity contribution < 1.29 is 19.1 Å². The molecular formula is C27H28N2O4. The second-order valence-corrected chi connectivity index (χ2v) is 7.57. The van der Waals surface area contributed by atoms with Crippen molar-refractivity contribution in [3.63, 3.8) is 0 Å². The fourth-order valence-corrected chi connectivity index (χ4v) is 3.27. The molecule has 6 heteroatoms. The van der Waals surface area contributed by atoms with Crippen LogP contribution in [0.3, 0.4) is 0 Å². The second kappa shape index (κ2) is 12.8. The highest BCUT2D eigenvalue weighted by Crippen LogP contribution is 2.16. The number of hydrogen-bond donors (Lipinski definition) is 2. The summed E-state index contributed by atoms with van der Waals surface area (Å²) in [5.74, 6) is -1.04. The van der Waals surface area contributed by atoms with Gasteiger partial charge in [0.2, 0.25) is 5.91 Å². The fourth-order valence-electron chi connectivity index (χ4n) is 3.27. The molecule has 0 saturated carbocycles. The normalized spacial score (nSPS) is 10.3. The Labute approximate surface area is 194 Å². The zero-order valence-corrected chi connectivity index (χ0v) is 18.5. The van der Waals surface area contributed by atoms with E-state index in [0.29, 0.717) is 24.4 Å². The molecule has 170 valence electrons. The van der Waals surface area contributed by atoms with E-state index >= 15 is 0 Å². The van der Waals surface area contributed by atoms with E-state index in [1.54, 1.807) is 24.3 Å². The second-order valence-electron chi connectivity index (χ2n) is 7.57. The van der Waals surface area contributed by atoms with E-state index in [9.17, 15) is 14.4 Å². The van der Waals surface area contributed by atoms with Gasteiger partial charge in [0, 0.05) is 13.0 Å². The van der Waals surface area contributed by atoms with E-state index in [1.165, 1.54) is 5.56 Å². The minimum absolute atomic E-state index is 0.0143. The van der Waals surface area contributed by atoms with Crippen molar-refractivity contribution in [1.82, 2.24) is 5.32 Å². The summed E-state index contributed by atoms with van der Waals surface area (Å²) in [6.45, 7) is 0.706. The smallest absolute Gasteiger partial charge is 0.306 e. The molecule has 3 aromatic rings. The topological polar surface area (TPSA) is 84.5 Å². The highest BCUT2D eigenvalue weighted by atomic mass is 16.5. The zero-order valence-electron chi connectivity index (χ0n) is 18.5. The maximum Gasteiger partial charge on any atom is 0.306 e. The molecule has 33 heavy (non-hydrogen) atoms. The first-order chi connectivity index (χ1) is 16.1. The monoisotopic (exact) mass is 444 g/mol. The average molecular weight is 445 g/mol. The van der Waals surface area contributed by atoms with Crippen LogP contribution < -0.4 is 10.6 Å². The van der Waals surface area contributed by atoms with Crippen LogP contribution in [-0.2, 0) is 27.3 Å². The van der Waals surface area contributed by atoms with Crippen LogP contribution in [0.1, 0.15) is 40.7 Å². The van der Waals surface area contributed by atoms with Crippen LogP contribution in [0.25, 0.3) is 0 Å². The average Bonchev–Trinajstić information content (AvgIpc) is 2.85. The van der Waals surface area contributed by atoms with Gasteiger partial charge in [-0.3, -0.25) is 14.4 Å². The van der Waals surface area contributed by atoms with Gasteiger partial charge in [-0.25, -0.2) is 0 Å². The van der Waals surface area contributed by atoms with Gasteiger partial charge in [0.25, 0.3) is 5.91 Å². The first-order valence-corrected chi connectivity index (χ1v) is 11.0. The third kappa shape index (κ3) is 8.26. The summed E-state index contributed by atoms with van der Waals surface area (Å²) >= 11 is 0. The summed E-state index contributed by atoms with van der Waals surface area (Å²) in [5.41, 5.74) is 2.95. The minimum Gasteiger partial charge on any atom is -0.466 e. The highest BCUT2D eigenvalue weighted by Gasteiger charge is 2.14. The van der Waals surface area contributed by atoms with Crippen molar-refractivity contribution in [2.45, 2.75) is 32.2 Å². The molecule has 2 amide bonds. The molecule has 0 saturated heterocycles. The van der Waals surface area contributed by atoms with Gasteiger partial charge in [-0.05, 0) is 36.1 Å². The Morgan fingerprint density at radius 3 is 2.09 bits per heavy atom. The number of carbonyl (C=O) groups excluding carboxylic acids is 3. The van der Waals surface area contributed by atoms with E-state index in [-0.39, 0.29) is 24.7 Å². The van der Waals surface area contributed by atoms with E-state index in [0.717, 1.165) is 18.4 Å². The van der Waals surface area contributed by atoms with Crippen LogP contribution in [0.2, 0.25) is 0 Å². The van der Waals surface area contributed by atoms with Crippen molar-refractivity contribution in [3.05, 3.63) is 102 Å². The number of hydrogen-bond acceptors (Lipinski definition) is 4. The van der Waals surface area contributed by atoms with Crippen molar-refractivity contribution in [2.24, 2.45) is 0 Å². The number of nitrogens with one attached hydrogen (secondary N) is 2. The van der Waals surface area contributed by atoms with Gasteiger partial charge in [-0.2, -0.15) is 0 Å². The number of ether oxygens (including phenoxy) is 1. The van der Waals surface area contributed by atoms with Gasteiger partial charge in [0.15, 0.2) is 0 Å². The first kappa shape index (κ1) is 23.7. The third-order valence-corrected chi connectivity index (χ3v) is 5.01. The molecule has 0 aromatic heterocycles. The lowest BCUT2D eigenvalue weighted by Gasteiger charge is -2.11. The molecule has 0 bridgehead atoms. The Morgan fingerprint density at radius 1 is 0.727 bits per heavy atom. The van der Waals surface area contributed by atoms with Gasteiger partial charge in [0.05, 0.1) is 24.3 Å². The molecule has 0 radical (unpaired) electrons. The molecule has 3 rings (SSSR count). The summed E-state index contributed by atoms with van der Waals surface area (Å²) in [5, 5.41) is 5.58. The summed E-state index contributed by atoms with van der Waals surface area (Å²) < 4.78 is 5.22. The largest absolute Gasteiger partial charge is 0.466 e. The van der Waals surface area contributed by atoms with Crippen LogP contribution in [0.5, 0.6) is 0 Å². The number of esters is 1. The molecule has 0 aliphatic heterocycles. The van der Waals surface area contributed by atoms with Crippen molar-refractivity contribution in [2.75, 3.05) is 11.9 Å². The van der Waals surface area contributed by atoms with Gasteiger partial charge in [-0.15, -0.1) is 0 Å². The Hall–Kier alpha value is -3.93. The van der Waals surface area contributed by atoms with Gasteiger partial charge in [-0.1, -0.05) is 72.8 Å². The van der Waals surface area contributed by atoms with Crippen LogP contribution in [0, 0.1) is 0 Å². The van der Waals surface area contributed by atoms with Crippen LogP contribution >= 0.6 is 0 Å². The summed E-state index contributed by atoms with van der Waals surface area (Å²) in [7, 11) is 0. The molecule has 6 nitrogen and oxygen atoms in total. The molecule has 0 aliphatic carbocycles. The predicted octanol–water partition coefficient (Wildman–Crippen LogP) is 4.51. The van der Waals surface area contributed by atoms with E-state index in [1.807, 2.05) is 60.7 Å². The van der Waals surface area contributed by atoms with E-state index < -0.39 is 5.97 Å². The number of benzene rings is 3. The number of amides is 2. The van der Waals surface area contributed by atoms with Crippen LogP contribution in [-0.4, -0.2) is 24.4 Å². The van der Waals surface area contributed by atoms with Crippen molar-refractivity contribution in [1.29, 1.82) is 0 Å². The summed E-state index contributed by atoms with van der Waals surface area (Å²) in [6, 6.07) is 26.4. The third-order valence-electron chi connectivity index (χ3n) is 5.01. The molecule has 0 unspecified atom stereocenters. The van der Waals surface area contributed by atoms with Crippen molar-refractivity contribution >= 4 is 23.5 Å². The van der Waals surface area contributed by atoms with Crippen molar-refractivity contribution in [3.8, 4) is 0 Å². The van der Waals surface area contributed by atoms with Gasteiger partial charge in [0.1, 0.15) is 0 Å². The van der Waals surface area contributed by atoms with E-state index in [2.05, 4.69) is 10.6 Å². The predicted molar refractivity (Wildman–Crippen MR) is 128 cm³/mol. The molecule has 0 fully saturated rings. The standard InChI is InChI=1S/C27H28N2O4/c30-25(17-18-26(31)33-19-9-14-21-10-3-1-4-11-21)29-24-16-8-7-15-23(24)27(32)28-20-22-12-5-2-6-13-22/h1-8,10-13,15-16H,9,14,17-20H2,(H,28,32)(H,29,30). The molecule has 0 aliphatic rings. The Morgan fingerprint density at radius 2 is 1.36 bits per heavy atom. The number of rotatable bonds is 11. The Bertz CT molecular complexity index is 1050. The summed E-state index contributed by atoms with van der Waals surface area (Å²) in [6.07, 6.45) is 1.53. The number of carbonyl (C=O) groups is 3. The van der Waals surface area contributed by atoms with Gasteiger partial charge >= 0.3 is 5.97 Å². The molecule has 0 spiro atoms. The fraction of sp³-hybridized carbons (Fsp3) is 0.222.